The van der Waals surface area contributed by atoms with E-state index >= 15 is 0 Å². The van der Waals surface area contributed by atoms with Gasteiger partial charge in [-0.2, -0.15) is 13.2 Å². The molecule has 0 aliphatic rings. The van der Waals surface area contributed by atoms with Gasteiger partial charge in [-0.05, 0) is 30.3 Å². The number of nitrogens with zero attached hydrogens (tertiary/aromatic N) is 2. The lowest BCUT2D eigenvalue weighted by atomic mass is 10.1. The molecule has 0 bridgehead atoms. The summed E-state index contributed by atoms with van der Waals surface area (Å²) in [6.07, 6.45) is -4.40. The minimum Gasteiger partial charge on any atom is -0.455 e. The van der Waals surface area contributed by atoms with Crippen molar-refractivity contribution in [2.45, 2.75) is 6.18 Å². The van der Waals surface area contributed by atoms with Gasteiger partial charge >= 0.3 is 6.18 Å². The van der Waals surface area contributed by atoms with Crippen LogP contribution >= 0.6 is 0 Å². The van der Waals surface area contributed by atoms with E-state index in [1.54, 1.807) is 0 Å². The molecule has 30 heavy (non-hydrogen) atoms. The number of fused-ring (bicyclic) bond motifs is 1. The SMILES string of the molecule is FC(F)(F)c1ccc(-c2nnc(-c3c(-c4ccccc4)oc4ccccc34)o2)cc1. The van der Waals surface area contributed by atoms with Crippen LogP contribution in [0, 0.1) is 0 Å². The molecule has 7 heteroatoms. The quantitative estimate of drug-likeness (QED) is 0.329. The van der Waals surface area contributed by atoms with Crippen LogP contribution in [0.5, 0.6) is 0 Å². The maximum absolute atomic E-state index is 12.8. The Morgan fingerprint density at radius 1 is 0.633 bits per heavy atom. The Morgan fingerprint density at radius 3 is 2.03 bits per heavy atom. The Morgan fingerprint density at radius 2 is 1.30 bits per heavy atom. The standard InChI is InChI=1S/C23H13F3N2O2/c24-23(25,26)16-12-10-15(11-13-16)21-27-28-22(30-21)19-17-8-4-5-9-18(17)29-20(19)14-6-2-1-3-7-14/h1-13H. The van der Waals surface area contributed by atoms with Crippen LogP contribution in [0.1, 0.15) is 5.56 Å². The second kappa shape index (κ2) is 6.88. The molecular weight excluding hydrogens is 393 g/mol. The minimum atomic E-state index is -4.40. The van der Waals surface area contributed by atoms with Crippen molar-refractivity contribution in [2.75, 3.05) is 0 Å². The van der Waals surface area contributed by atoms with Crippen LogP contribution in [0.15, 0.2) is 87.7 Å². The number of halogens is 3. The number of para-hydroxylation sites is 1. The summed E-state index contributed by atoms with van der Waals surface area (Å²) in [7, 11) is 0. The second-order valence-corrected chi connectivity index (χ2v) is 6.66. The number of aromatic nitrogens is 2. The molecule has 5 rings (SSSR count). The highest BCUT2D eigenvalue weighted by Gasteiger charge is 2.30. The van der Waals surface area contributed by atoms with Crippen molar-refractivity contribution in [3.05, 3.63) is 84.4 Å². The summed E-state index contributed by atoms with van der Waals surface area (Å²) in [4.78, 5) is 0. The normalized spacial score (nSPS) is 11.8. The largest absolute Gasteiger partial charge is 0.455 e. The molecule has 0 N–H and O–H groups in total. The van der Waals surface area contributed by atoms with Gasteiger partial charge in [-0.1, -0.05) is 48.5 Å². The van der Waals surface area contributed by atoms with Crippen LogP contribution in [0.25, 0.3) is 45.2 Å². The molecule has 3 aromatic carbocycles. The summed E-state index contributed by atoms with van der Waals surface area (Å²) in [6, 6.07) is 21.6. The van der Waals surface area contributed by atoms with Crippen molar-refractivity contribution >= 4 is 11.0 Å². The third-order valence-corrected chi connectivity index (χ3v) is 4.73. The highest BCUT2D eigenvalue weighted by atomic mass is 19.4. The molecule has 0 amide bonds. The monoisotopic (exact) mass is 406 g/mol. The second-order valence-electron chi connectivity index (χ2n) is 6.66. The molecule has 148 valence electrons. The summed E-state index contributed by atoms with van der Waals surface area (Å²) in [5, 5.41) is 8.98. The van der Waals surface area contributed by atoms with Crippen LogP contribution in [-0.2, 0) is 6.18 Å². The Kier molecular flexibility index (Phi) is 4.17. The predicted octanol–water partition coefficient (Wildman–Crippen LogP) is 6.84. The fraction of sp³-hybridized carbons (Fsp3) is 0.0435. The van der Waals surface area contributed by atoms with Crippen LogP contribution in [0.4, 0.5) is 13.2 Å². The maximum Gasteiger partial charge on any atom is 0.416 e. The molecule has 0 spiro atoms. The molecule has 0 atom stereocenters. The van der Waals surface area contributed by atoms with Gasteiger partial charge in [0.2, 0.25) is 5.89 Å². The number of benzene rings is 3. The van der Waals surface area contributed by atoms with Crippen LogP contribution in [-0.4, -0.2) is 10.2 Å². The Labute approximate surface area is 168 Å². The van der Waals surface area contributed by atoms with Crippen molar-refractivity contribution in [1.82, 2.24) is 10.2 Å². The number of hydrogen-bond acceptors (Lipinski definition) is 4. The van der Waals surface area contributed by atoms with E-state index in [1.165, 1.54) is 12.1 Å². The van der Waals surface area contributed by atoms with Crippen molar-refractivity contribution in [2.24, 2.45) is 0 Å². The van der Waals surface area contributed by atoms with Crippen LogP contribution in [0.3, 0.4) is 0 Å². The van der Waals surface area contributed by atoms with E-state index < -0.39 is 11.7 Å². The highest BCUT2D eigenvalue weighted by molar-refractivity contribution is 5.99. The number of alkyl halides is 3. The van der Waals surface area contributed by atoms with Crippen molar-refractivity contribution < 1.29 is 22.0 Å². The minimum absolute atomic E-state index is 0.128. The molecule has 0 saturated heterocycles. The van der Waals surface area contributed by atoms with Gasteiger partial charge in [0, 0.05) is 16.5 Å². The summed E-state index contributed by atoms with van der Waals surface area (Å²) in [5.41, 5.74) is 1.81. The van der Waals surface area contributed by atoms with E-state index in [1.807, 2.05) is 54.6 Å². The summed E-state index contributed by atoms with van der Waals surface area (Å²) in [6.45, 7) is 0. The molecule has 5 aromatic rings. The Balaban J connectivity index is 1.62. The molecule has 0 saturated carbocycles. The average Bonchev–Trinajstić information content (AvgIpc) is 3.38. The Bertz CT molecular complexity index is 1320. The number of hydrogen-bond donors (Lipinski definition) is 0. The molecule has 0 aliphatic heterocycles. The Hall–Kier alpha value is -3.87. The smallest absolute Gasteiger partial charge is 0.416 e. The molecule has 4 nitrogen and oxygen atoms in total. The lowest BCUT2D eigenvalue weighted by Crippen LogP contribution is -2.03. The summed E-state index contributed by atoms with van der Waals surface area (Å²) >= 11 is 0. The first-order valence-corrected chi connectivity index (χ1v) is 9.09. The highest BCUT2D eigenvalue weighted by Crippen LogP contribution is 2.41. The molecule has 2 aromatic heterocycles. The molecule has 0 radical (unpaired) electrons. The van der Waals surface area contributed by atoms with E-state index in [4.69, 9.17) is 8.83 Å². The summed E-state index contributed by atoms with van der Waals surface area (Å²) < 4.78 is 50.3. The topological polar surface area (TPSA) is 52.1 Å². The first-order chi connectivity index (χ1) is 14.5. The van der Waals surface area contributed by atoms with E-state index in [2.05, 4.69) is 10.2 Å². The van der Waals surface area contributed by atoms with E-state index in [0.29, 0.717) is 22.5 Å². The van der Waals surface area contributed by atoms with E-state index in [0.717, 1.165) is 23.1 Å². The van der Waals surface area contributed by atoms with Gasteiger partial charge in [-0.3, -0.25) is 0 Å². The summed E-state index contributed by atoms with van der Waals surface area (Å²) in [5.74, 6) is 0.941. The molecule has 0 unspecified atom stereocenters. The number of furan rings is 1. The van der Waals surface area contributed by atoms with E-state index in [9.17, 15) is 13.2 Å². The third kappa shape index (κ3) is 3.14. The lowest BCUT2D eigenvalue weighted by molar-refractivity contribution is -0.137. The van der Waals surface area contributed by atoms with Gasteiger partial charge < -0.3 is 8.83 Å². The van der Waals surface area contributed by atoms with Crippen molar-refractivity contribution in [3.8, 4) is 34.2 Å². The van der Waals surface area contributed by atoms with Crippen LogP contribution in [0.2, 0.25) is 0 Å². The zero-order valence-corrected chi connectivity index (χ0v) is 15.4. The molecule has 2 heterocycles. The molecule has 0 fully saturated rings. The molecular formula is C23H13F3N2O2. The predicted molar refractivity (Wildman–Crippen MR) is 105 cm³/mol. The average molecular weight is 406 g/mol. The first kappa shape index (κ1) is 18.2. The van der Waals surface area contributed by atoms with Gasteiger partial charge in [-0.15, -0.1) is 10.2 Å². The van der Waals surface area contributed by atoms with Gasteiger partial charge in [0.1, 0.15) is 11.3 Å². The lowest BCUT2D eigenvalue weighted by Gasteiger charge is -2.05. The maximum atomic E-state index is 12.8. The van der Waals surface area contributed by atoms with Crippen molar-refractivity contribution in [3.63, 3.8) is 0 Å². The van der Waals surface area contributed by atoms with Gasteiger partial charge in [0.15, 0.2) is 0 Å². The van der Waals surface area contributed by atoms with E-state index in [-0.39, 0.29) is 11.8 Å². The fourth-order valence-corrected chi connectivity index (χ4v) is 3.29. The third-order valence-electron chi connectivity index (χ3n) is 4.73. The van der Waals surface area contributed by atoms with Gasteiger partial charge in [0.05, 0.1) is 11.1 Å². The number of rotatable bonds is 3. The van der Waals surface area contributed by atoms with Gasteiger partial charge in [0.25, 0.3) is 5.89 Å². The van der Waals surface area contributed by atoms with Crippen molar-refractivity contribution in [1.29, 1.82) is 0 Å². The van der Waals surface area contributed by atoms with Gasteiger partial charge in [-0.25, -0.2) is 0 Å². The fourth-order valence-electron chi connectivity index (χ4n) is 3.29. The zero-order chi connectivity index (χ0) is 20.7. The zero-order valence-electron chi connectivity index (χ0n) is 15.4. The van der Waals surface area contributed by atoms with Crippen LogP contribution < -0.4 is 0 Å². The molecule has 0 aliphatic carbocycles. The first-order valence-electron chi connectivity index (χ1n) is 9.09.